The molecule has 2 N–H and O–H groups in total. The number of carbonyl (C=O) groups excluding carboxylic acids is 1. The Morgan fingerprint density at radius 1 is 1.55 bits per heavy atom. The predicted octanol–water partition coefficient (Wildman–Crippen LogP) is 2.11. The van der Waals surface area contributed by atoms with Gasteiger partial charge in [-0.3, -0.25) is 9.48 Å². The van der Waals surface area contributed by atoms with Crippen molar-refractivity contribution in [3.63, 3.8) is 0 Å². The van der Waals surface area contributed by atoms with Crippen LogP contribution >= 0.6 is 11.6 Å². The number of rotatable bonds is 4. The molecule has 1 atom stereocenters. The van der Waals surface area contributed by atoms with Crippen LogP contribution in [-0.2, 0) is 16.6 Å². The standard InChI is InChI=1S/C12H18ClN3O4/c1-12(2,3)20-11(19)15-8(5-9(17)18)10-7(13)6-14-16(10)4/h6,8H,5H2,1-4H3,(H,15,19)(H,17,18). The molecule has 0 aliphatic rings. The zero-order valence-electron chi connectivity index (χ0n) is 11.8. The fourth-order valence-electron chi connectivity index (χ4n) is 1.65. The molecule has 0 saturated heterocycles. The zero-order valence-corrected chi connectivity index (χ0v) is 12.6. The lowest BCUT2D eigenvalue weighted by Crippen LogP contribution is -2.36. The second-order valence-corrected chi connectivity index (χ2v) is 5.71. The number of hydrogen-bond acceptors (Lipinski definition) is 4. The van der Waals surface area contributed by atoms with Crippen LogP contribution in [0.15, 0.2) is 6.20 Å². The van der Waals surface area contributed by atoms with E-state index in [4.69, 9.17) is 21.4 Å². The van der Waals surface area contributed by atoms with Crippen LogP contribution in [0, 0.1) is 0 Å². The van der Waals surface area contributed by atoms with Crippen LogP contribution < -0.4 is 5.32 Å². The Morgan fingerprint density at radius 2 is 2.15 bits per heavy atom. The molecule has 1 heterocycles. The molecule has 1 aromatic rings. The Morgan fingerprint density at radius 3 is 2.55 bits per heavy atom. The first kappa shape index (κ1) is 16.3. The number of ether oxygens (including phenoxy) is 1. The van der Waals surface area contributed by atoms with Gasteiger partial charge in [-0.25, -0.2) is 4.79 Å². The summed E-state index contributed by atoms with van der Waals surface area (Å²) in [6.07, 6.45) is 0.363. The molecule has 1 aromatic heterocycles. The van der Waals surface area contributed by atoms with Crippen LogP contribution in [0.3, 0.4) is 0 Å². The summed E-state index contributed by atoms with van der Waals surface area (Å²) >= 11 is 5.97. The first-order chi connectivity index (χ1) is 9.10. The monoisotopic (exact) mass is 303 g/mol. The smallest absolute Gasteiger partial charge is 0.408 e. The number of alkyl carbamates (subject to hydrolysis) is 1. The molecule has 0 aromatic carbocycles. The molecule has 0 aliphatic heterocycles. The molecule has 0 bridgehead atoms. The average molecular weight is 304 g/mol. The van der Waals surface area contributed by atoms with Gasteiger partial charge in [-0.15, -0.1) is 0 Å². The molecule has 0 fully saturated rings. The van der Waals surface area contributed by atoms with Gasteiger partial charge in [0.15, 0.2) is 0 Å². The van der Waals surface area contributed by atoms with Crippen LogP contribution in [-0.4, -0.2) is 32.6 Å². The third kappa shape index (κ3) is 4.73. The van der Waals surface area contributed by atoms with Crippen LogP contribution in [0.2, 0.25) is 5.02 Å². The van der Waals surface area contributed by atoms with E-state index in [0.717, 1.165) is 0 Å². The summed E-state index contributed by atoms with van der Waals surface area (Å²) in [5, 5.41) is 15.7. The Bertz CT molecular complexity index is 488. The van der Waals surface area contributed by atoms with Gasteiger partial charge in [0.25, 0.3) is 0 Å². The number of hydrogen-bond donors (Lipinski definition) is 2. The highest BCUT2D eigenvalue weighted by molar-refractivity contribution is 6.31. The summed E-state index contributed by atoms with van der Waals surface area (Å²) in [6, 6.07) is -0.817. The number of aryl methyl sites for hydroxylation is 1. The minimum absolute atomic E-state index is 0.287. The highest BCUT2D eigenvalue weighted by Gasteiger charge is 2.26. The topological polar surface area (TPSA) is 93.5 Å². The van der Waals surface area contributed by atoms with E-state index in [-0.39, 0.29) is 11.4 Å². The van der Waals surface area contributed by atoms with Crippen molar-refractivity contribution in [2.24, 2.45) is 7.05 Å². The van der Waals surface area contributed by atoms with E-state index in [1.54, 1.807) is 27.8 Å². The zero-order chi connectivity index (χ0) is 15.5. The van der Waals surface area contributed by atoms with E-state index in [9.17, 15) is 9.59 Å². The molecule has 112 valence electrons. The first-order valence-corrected chi connectivity index (χ1v) is 6.36. The van der Waals surface area contributed by atoms with E-state index in [2.05, 4.69) is 10.4 Å². The highest BCUT2D eigenvalue weighted by atomic mass is 35.5. The Hall–Kier alpha value is -1.76. The molecular formula is C12H18ClN3O4. The predicted molar refractivity (Wildman–Crippen MR) is 72.6 cm³/mol. The second kappa shape index (κ2) is 6.13. The third-order valence-corrected chi connectivity index (χ3v) is 2.63. The largest absolute Gasteiger partial charge is 0.481 e. The molecule has 1 amide bonds. The maximum atomic E-state index is 11.8. The maximum Gasteiger partial charge on any atom is 0.408 e. The van der Waals surface area contributed by atoms with Gasteiger partial charge in [0.05, 0.1) is 29.4 Å². The Kier molecular flexibility index (Phi) is 4.99. The normalized spacial score (nSPS) is 12.8. The van der Waals surface area contributed by atoms with Crippen LogP contribution in [0.5, 0.6) is 0 Å². The molecule has 7 nitrogen and oxygen atoms in total. The van der Waals surface area contributed by atoms with E-state index in [0.29, 0.717) is 5.69 Å². The van der Waals surface area contributed by atoms with Crippen molar-refractivity contribution in [2.75, 3.05) is 0 Å². The lowest BCUT2D eigenvalue weighted by Gasteiger charge is -2.23. The van der Waals surface area contributed by atoms with Gasteiger partial charge in [-0.2, -0.15) is 5.10 Å². The lowest BCUT2D eigenvalue weighted by atomic mass is 10.1. The number of aliphatic carboxylic acids is 1. The van der Waals surface area contributed by atoms with Crippen molar-refractivity contribution in [3.05, 3.63) is 16.9 Å². The summed E-state index contributed by atoms with van der Waals surface area (Å²) in [7, 11) is 1.62. The molecule has 0 spiro atoms. The molecule has 20 heavy (non-hydrogen) atoms. The Balaban J connectivity index is 2.91. The molecule has 0 radical (unpaired) electrons. The van der Waals surface area contributed by atoms with Crippen LogP contribution in [0.4, 0.5) is 4.79 Å². The summed E-state index contributed by atoms with van der Waals surface area (Å²) < 4.78 is 6.54. The number of carboxylic acid groups (broad SMARTS) is 1. The first-order valence-electron chi connectivity index (χ1n) is 5.99. The van der Waals surface area contributed by atoms with Crippen molar-refractivity contribution in [1.29, 1.82) is 0 Å². The number of halogens is 1. The number of nitrogens with one attached hydrogen (secondary N) is 1. The molecule has 1 rings (SSSR count). The molecule has 0 saturated carbocycles. The quantitative estimate of drug-likeness (QED) is 0.888. The minimum Gasteiger partial charge on any atom is -0.481 e. The van der Waals surface area contributed by atoms with Crippen molar-refractivity contribution >= 4 is 23.7 Å². The van der Waals surface area contributed by atoms with Gasteiger partial charge in [-0.05, 0) is 20.8 Å². The van der Waals surface area contributed by atoms with Crippen molar-refractivity contribution in [3.8, 4) is 0 Å². The van der Waals surface area contributed by atoms with Crippen molar-refractivity contribution in [2.45, 2.75) is 38.8 Å². The van der Waals surface area contributed by atoms with Crippen LogP contribution in [0.1, 0.15) is 38.9 Å². The highest BCUT2D eigenvalue weighted by Crippen LogP contribution is 2.25. The van der Waals surface area contributed by atoms with Crippen molar-refractivity contribution in [1.82, 2.24) is 15.1 Å². The van der Waals surface area contributed by atoms with E-state index in [1.807, 2.05) is 0 Å². The molecule has 8 heteroatoms. The summed E-state index contributed by atoms with van der Waals surface area (Å²) in [4.78, 5) is 22.7. The molecular weight excluding hydrogens is 286 g/mol. The van der Waals surface area contributed by atoms with Gasteiger partial charge in [0.1, 0.15) is 5.60 Å². The number of carboxylic acids is 1. The van der Waals surface area contributed by atoms with Gasteiger partial charge >= 0.3 is 12.1 Å². The van der Waals surface area contributed by atoms with E-state index >= 15 is 0 Å². The minimum atomic E-state index is -1.07. The fourth-order valence-corrected chi connectivity index (χ4v) is 1.95. The number of carbonyl (C=O) groups is 2. The van der Waals surface area contributed by atoms with Gasteiger partial charge in [-0.1, -0.05) is 11.6 Å². The average Bonchev–Trinajstić information content (AvgIpc) is 2.53. The summed E-state index contributed by atoms with van der Waals surface area (Å²) in [6.45, 7) is 5.15. The molecule has 1 unspecified atom stereocenters. The summed E-state index contributed by atoms with van der Waals surface area (Å²) in [5.74, 6) is -1.07. The SMILES string of the molecule is Cn1ncc(Cl)c1C(CC(=O)O)NC(=O)OC(C)(C)C. The van der Waals surface area contributed by atoms with Crippen molar-refractivity contribution < 1.29 is 19.4 Å². The van der Waals surface area contributed by atoms with Gasteiger partial charge in [0, 0.05) is 7.05 Å². The molecule has 0 aliphatic carbocycles. The second-order valence-electron chi connectivity index (χ2n) is 5.30. The number of aromatic nitrogens is 2. The lowest BCUT2D eigenvalue weighted by molar-refractivity contribution is -0.137. The van der Waals surface area contributed by atoms with E-state index < -0.39 is 23.7 Å². The fraction of sp³-hybridized carbons (Fsp3) is 0.583. The van der Waals surface area contributed by atoms with Crippen LogP contribution in [0.25, 0.3) is 0 Å². The Labute approximate surface area is 121 Å². The van der Waals surface area contributed by atoms with Gasteiger partial charge < -0.3 is 15.2 Å². The third-order valence-electron chi connectivity index (χ3n) is 2.34. The van der Waals surface area contributed by atoms with E-state index in [1.165, 1.54) is 10.9 Å². The van der Waals surface area contributed by atoms with Gasteiger partial charge in [0.2, 0.25) is 0 Å². The maximum absolute atomic E-state index is 11.8. The number of nitrogens with zero attached hydrogens (tertiary/aromatic N) is 2. The number of amides is 1. The summed E-state index contributed by atoms with van der Waals surface area (Å²) in [5.41, 5.74) is -0.256.